The third-order valence-electron chi connectivity index (χ3n) is 1.74. The maximum Gasteiger partial charge on any atom is 0.310 e. The van der Waals surface area contributed by atoms with Crippen molar-refractivity contribution in [2.75, 3.05) is 12.8 Å². The first-order valence-electron chi connectivity index (χ1n) is 3.84. The molecule has 0 amide bonds. The lowest BCUT2D eigenvalue weighted by atomic mass is 10.1. The second-order valence-electron chi connectivity index (χ2n) is 2.72. The van der Waals surface area contributed by atoms with E-state index in [1.807, 2.05) is 0 Å². The van der Waals surface area contributed by atoms with Crippen LogP contribution in [0, 0.1) is 11.6 Å². The molecule has 76 valence electrons. The lowest BCUT2D eigenvalue weighted by Crippen LogP contribution is -2.07. The average Bonchev–Trinajstić information content (AvgIpc) is 2.14. The molecule has 1 rings (SSSR count). The smallest absolute Gasteiger partial charge is 0.310 e. The van der Waals surface area contributed by atoms with E-state index in [0.29, 0.717) is 0 Å². The number of esters is 1. The van der Waals surface area contributed by atoms with E-state index < -0.39 is 17.6 Å². The quantitative estimate of drug-likeness (QED) is 0.579. The summed E-state index contributed by atoms with van der Waals surface area (Å²) in [6, 6.07) is 1.73. The number of rotatable bonds is 2. The van der Waals surface area contributed by atoms with Crippen molar-refractivity contribution in [3.63, 3.8) is 0 Å². The molecule has 14 heavy (non-hydrogen) atoms. The van der Waals surface area contributed by atoms with Gasteiger partial charge in [-0.1, -0.05) is 0 Å². The fourth-order valence-electron chi connectivity index (χ4n) is 0.984. The van der Waals surface area contributed by atoms with Crippen molar-refractivity contribution in [2.45, 2.75) is 6.42 Å². The topological polar surface area (TPSA) is 52.3 Å². The van der Waals surface area contributed by atoms with Crippen LogP contribution in [0.4, 0.5) is 14.5 Å². The average molecular weight is 201 g/mol. The molecule has 0 atom stereocenters. The SMILES string of the molecule is COC(=O)Cc1cc(F)c(F)cc1N. The first kappa shape index (κ1) is 10.4. The summed E-state index contributed by atoms with van der Waals surface area (Å²) < 4.78 is 29.7. The largest absolute Gasteiger partial charge is 0.469 e. The Morgan fingerprint density at radius 2 is 2.00 bits per heavy atom. The number of hydrogen-bond acceptors (Lipinski definition) is 3. The van der Waals surface area contributed by atoms with Crippen molar-refractivity contribution >= 4 is 11.7 Å². The second-order valence-corrected chi connectivity index (χ2v) is 2.72. The zero-order chi connectivity index (χ0) is 10.7. The number of methoxy groups -OCH3 is 1. The van der Waals surface area contributed by atoms with Crippen LogP contribution in [-0.4, -0.2) is 13.1 Å². The van der Waals surface area contributed by atoms with Gasteiger partial charge in [0, 0.05) is 11.8 Å². The van der Waals surface area contributed by atoms with Crippen molar-refractivity contribution in [2.24, 2.45) is 0 Å². The van der Waals surface area contributed by atoms with Crippen LogP contribution >= 0.6 is 0 Å². The van der Waals surface area contributed by atoms with Crippen LogP contribution < -0.4 is 5.73 Å². The molecule has 0 aliphatic carbocycles. The van der Waals surface area contributed by atoms with Gasteiger partial charge in [-0.15, -0.1) is 0 Å². The normalized spacial score (nSPS) is 9.93. The molecule has 1 aromatic carbocycles. The molecule has 0 fully saturated rings. The second kappa shape index (κ2) is 4.04. The van der Waals surface area contributed by atoms with Gasteiger partial charge in [0.25, 0.3) is 0 Å². The Labute approximate surface area is 79.5 Å². The minimum atomic E-state index is -1.03. The predicted molar refractivity (Wildman–Crippen MR) is 46.5 cm³/mol. The van der Waals surface area contributed by atoms with Crippen molar-refractivity contribution in [1.29, 1.82) is 0 Å². The molecule has 1 aromatic rings. The van der Waals surface area contributed by atoms with Crippen LogP contribution in [0.15, 0.2) is 12.1 Å². The zero-order valence-corrected chi connectivity index (χ0v) is 7.51. The molecule has 0 saturated heterocycles. The van der Waals surface area contributed by atoms with Crippen LogP contribution in [0.2, 0.25) is 0 Å². The third-order valence-corrected chi connectivity index (χ3v) is 1.74. The Bertz CT molecular complexity index is 366. The van der Waals surface area contributed by atoms with Crippen LogP contribution in [0.5, 0.6) is 0 Å². The van der Waals surface area contributed by atoms with Crippen molar-refractivity contribution < 1.29 is 18.3 Å². The van der Waals surface area contributed by atoms with E-state index in [4.69, 9.17) is 5.73 Å². The molecular formula is C9H9F2NO2. The van der Waals surface area contributed by atoms with Gasteiger partial charge in [0.15, 0.2) is 11.6 Å². The van der Waals surface area contributed by atoms with Crippen LogP contribution in [0.25, 0.3) is 0 Å². The number of anilines is 1. The van der Waals surface area contributed by atoms with E-state index in [0.717, 1.165) is 12.1 Å². The first-order valence-corrected chi connectivity index (χ1v) is 3.84. The molecule has 0 unspecified atom stereocenters. The van der Waals surface area contributed by atoms with Gasteiger partial charge in [0.2, 0.25) is 0 Å². The van der Waals surface area contributed by atoms with Gasteiger partial charge in [0.05, 0.1) is 13.5 Å². The van der Waals surface area contributed by atoms with Crippen molar-refractivity contribution in [3.8, 4) is 0 Å². The fourth-order valence-corrected chi connectivity index (χ4v) is 0.984. The summed E-state index contributed by atoms with van der Waals surface area (Å²) in [5, 5.41) is 0. The summed E-state index contributed by atoms with van der Waals surface area (Å²) in [6.45, 7) is 0. The highest BCUT2D eigenvalue weighted by Gasteiger charge is 2.11. The zero-order valence-electron chi connectivity index (χ0n) is 7.51. The number of halogens is 2. The Kier molecular flexibility index (Phi) is 3.01. The molecule has 5 heteroatoms. The van der Waals surface area contributed by atoms with Gasteiger partial charge in [-0.3, -0.25) is 4.79 Å². The summed E-state index contributed by atoms with van der Waals surface area (Å²) in [4.78, 5) is 10.8. The van der Waals surface area contributed by atoms with Crippen molar-refractivity contribution in [3.05, 3.63) is 29.3 Å². The molecular weight excluding hydrogens is 192 g/mol. The highest BCUT2D eigenvalue weighted by Crippen LogP contribution is 2.17. The number of benzene rings is 1. The number of carbonyl (C=O) groups is 1. The summed E-state index contributed by atoms with van der Waals surface area (Å²) >= 11 is 0. The number of nitrogens with two attached hydrogens (primary N) is 1. The summed E-state index contributed by atoms with van der Waals surface area (Å²) in [5.74, 6) is -2.61. The highest BCUT2D eigenvalue weighted by molar-refractivity contribution is 5.74. The van der Waals surface area contributed by atoms with E-state index in [-0.39, 0.29) is 17.7 Å². The Morgan fingerprint density at radius 1 is 1.43 bits per heavy atom. The van der Waals surface area contributed by atoms with Gasteiger partial charge in [0.1, 0.15) is 0 Å². The molecule has 0 aliphatic rings. The lowest BCUT2D eigenvalue weighted by molar-refractivity contribution is -0.139. The number of carbonyl (C=O) groups excluding carboxylic acids is 1. The monoisotopic (exact) mass is 201 g/mol. The predicted octanol–water partition coefficient (Wildman–Crippen LogP) is 1.26. The maximum absolute atomic E-state index is 12.7. The van der Waals surface area contributed by atoms with E-state index in [1.165, 1.54) is 7.11 Å². The molecule has 2 N–H and O–H groups in total. The maximum atomic E-state index is 12.7. The summed E-state index contributed by atoms with van der Waals surface area (Å²) in [6.07, 6.45) is -0.167. The van der Waals surface area contributed by atoms with Crippen LogP contribution in [0.1, 0.15) is 5.56 Å². The Balaban J connectivity index is 2.98. The fraction of sp³-hybridized carbons (Fsp3) is 0.222. The molecule has 0 radical (unpaired) electrons. The third kappa shape index (κ3) is 2.18. The molecule has 0 heterocycles. The van der Waals surface area contributed by atoms with Gasteiger partial charge in [-0.05, 0) is 11.6 Å². The van der Waals surface area contributed by atoms with Gasteiger partial charge in [-0.2, -0.15) is 0 Å². The number of ether oxygens (including phenoxy) is 1. The lowest BCUT2D eigenvalue weighted by Gasteiger charge is -2.04. The molecule has 3 nitrogen and oxygen atoms in total. The molecule has 0 saturated carbocycles. The molecule has 0 aromatic heterocycles. The minimum absolute atomic E-state index is 0.0364. The molecule has 0 aliphatic heterocycles. The number of nitrogen functional groups attached to an aromatic ring is 1. The van der Waals surface area contributed by atoms with Crippen molar-refractivity contribution in [1.82, 2.24) is 0 Å². The van der Waals surface area contributed by atoms with E-state index in [1.54, 1.807) is 0 Å². The number of hydrogen-bond donors (Lipinski definition) is 1. The van der Waals surface area contributed by atoms with Crippen LogP contribution in [-0.2, 0) is 16.0 Å². The Hall–Kier alpha value is -1.65. The van der Waals surface area contributed by atoms with E-state index in [9.17, 15) is 13.6 Å². The molecule has 0 spiro atoms. The minimum Gasteiger partial charge on any atom is -0.469 e. The Morgan fingerprint density at radius 3 is 2.57 bits per heavy atom. The van der Waals surface area contributed by atoms with Gasteiger partial charge < -0.3 is 10.5 Å². The highest BCUT2D eigenvalue weighted by atomic mass is 19.2. The summed E-state index contributed by atoms with van der Waals surface area (Å²) in [5.41, 5.74) is 5.63. The summed E-state index contributed by atoms with van der Waals surface area (Å²) in [7, 11) is 1.21. The van der Waals surface area contributed by atoms with Crippen LogP contribution in [0.3, 0.4) is 0 Å². The molecule has 0 bridgehead atoms. The van der Waals surface area contributed by atoms with Gasteiger partial charge in [-0.25, -0.2) is 8.78 Å². The van der Waals surface area contributed by atoms with Gasteiger partial charge >= 0.3 is 5.97 Å². The van der Waals surface area contributed by atoms with E-state index >= 15 is 0 Å². The van der Waals surface area contributed by atoms with E-state index in [2.05, 4.69) is 4.74 Å². The standard InChI is InChI=1S/C9H9F2NO2/c1-14-9(13)3-5-2-6(10)7(11)4-8(5)12/h2,4H,3,12H2,1H3. The first-order chi connectivity index (χ1) is 6.54.